The van der Waals surface area contributed by atoms with Gasteiger partial charge in [0.05, 0.1) is 11.7 Å². The van der Waals surface area contributed by atoms with Crippen LogP contribution >= 0.6 is 0 Å². The van der Waals surface area contributed by atoms with E-state index < -0.39 is 0 Å². The quantitative estimate of drug-likeness (QED) is 0.469. The lowest BCUT2D eigenvalue weighted by Crippen LogP contribution is -2.07. The monoisotopic (exact) mass is 387 g/mol. The molecule has 29 heavy (non-hydrogen) atoms. The predicted octanol–water partition coefficient (Wildman–Crippen LogP) is 5.36. The lowest BCUT2D eigenvalue weighted by atomic mass is 10.1. The molecule has 0 unspecified atom stereocenters. The van der Waals surface area contributed by atoms with Crippen molar-refractivity contribution in [2.45, 2.75) is 20.8 Å². The molecule has 2 heterocycles. The second kappa shape index (κ2) is 9.55. The molecule has 4 aromatic rings. The maximum atomic E-state index is 12.5. The highest BCUT2D eigenvalue weighted by molar-refractivity contribution is 5.94. The Morgan fingerprint density at radius 2 is 1.79 bits per heavy atom. The molecule has 0 saturated carbocycles. The normalized spacial score (nSPS) is 10.7. The molecule has 5 nitrogen and oxygen atoms in total. The minimum Gasteiger partial charge on any atom is -0.490 e. The molecule has 2 aromatic carbocycles. The van der Waals surface area contributed by atoms with Crippen LogP contribution < -0.4 is 10.3 Å². The Morgan fingerprint density at radius 3 is 2.48 bits per heavy atom. The van der Waals surface area contributed by atoms with Gasteiger partial charge in [0.25, 0.3) is 5.56 Å². The van der Waals surface area contributed by atoms with Gasteiger partial charge in [0.2, 0.25) is 0 Å². The van der Waals surface area contributed by atoms with Crippen LogP contribution in [0.25, 0.3) is 27.8 Å². The number of allylic oxidation sites excluding steroid dienone is 1. The fourth-order valence-corrected chi connectivity index (χ4v) is 3.05. The zero-order valence-corrected chi connectivity index (χ0v) is 16.9. The lowest BCUT2D eigenvalue weighted by molar-refractivity contribution is 0.363. The van der Waals surface area contributed by atoms with Crippen LogP contribution in [0.5, 0.6) is 5.75 Å². The van der Waals surface area contributed by atoms with Gasteiger partial charge in [-0.25, -0.2) is 4.98 Å². The first-order valence-electron chi connectivity index (χ1n) is 9.76. The summed E-state index contributed by atoms with van der Waals surface area (Å²) in [6.45, 7) is 6.49. The summed E-state index contributed by atoms with van der Waals surface area (Å²) in [5.41, 5.74) is 3.21. The van der Waals surface area contributed by atoms with Gasteiger partial charge in [0.1, 0.15) is 12.4 Å². The average molecular weight is 387 g/mol. The third-order valence-corrected chi connectivity index (χ3v) is 4.37. The van der Waals surface area contributed by atoms with Gasteiger partial charge in [-0.2, -0.15) is 0 Å². The van der Waals surface area contributed by atoms with Crippen molar-refractivity contribution < 1.29 is 4.74 Å². The molecule has 0 amide bonds. The van der Waals surface area contributed by atoms with Crippen LogP contribution in [0.2, 0.25) is 0 Å². The number of rotatable bonds is 5. The molecule has 5 heteroatoms. The first kappa shape index (κ1) is 20.1. The van der Waals surface area contributed by atoms with Gasteiger partial charge in [-0.15, -0.1) is 0 Å². The van der Waals surface area contributed by atoms with Gasteiger partial charge in [-0.1, -0.05) is 56.3 Å². The van der Waals surface area contributed by atoms with E-state index in [1.54, 1.807) is 0 Å². The van der Waals surface area contributed by atoms with Gasteiger partial charge < -0.3 is 14.3 Å². The number of aromatic nitrogens is 3. The van der Waals surface area contributed by atoms with Crippen LogP contribution in [0, 0.1) is 0 Å². The first-order valence-corrected chi connectivity index (χ1v) is 9.76. The number of para-hydroxylation sites is 1. The molecular weight excluding hydrogens is 362 g/mol. The molecule has 1 N–H and O–H groups in total. The molecular formula is C24H25N3O2. The van der Waals surface area contributed by atoms with Crippen molar-refractivity contribution in [1.29, 1.82) is 0 Å². The molecule has 0 spiro atoms. The number of fused-ring (bicyclic) bond motifs is 1. The van der Waals surface area contributed by atoms with Crippen molar-refractivity contribution in [3.8, 4) is 22.6 Å². The van der Waals surface area contributed by atoms with Gasteiger partial charge in [0, 0.05) is 17.4 Å². The number of aromatic amines is 1. The summed E-state index contributed by atoms with van der Waals surface area (Å²) in [5, 5.41) is 0.573. The van der Waals surface area contributed by atoms with Crippen LogP contribution in [-0.4, -0.2) is 21.1 Å². The SMILES string of the molecule is C/C=C/COc1ccc(-c2cn(-c3ccccc3)c3nc[nH]c(=O)c23)cc1.CC. The van der Waals surface area contributed by atoms with Crippen molar-refractivity contribution in [3.63, 3.8) is 0 Å². The van der Waals surface area contributed by atoms with Crippen molar-refractivity contribution in [1.82, 2.24) is 14.5 Å². The highest BCUT2D eigenvalue weighted by atomic mass is 16.5. The average Bonchev–Trinajstić information content (AvgIpc) is 3.18. The molecule has 0 atom stereocenters. The Morgan fingerprint density at radius 1 is 1.07 bits per heavy atom. The third kappa shape index (κ3) is 4.29. The molecule has 0 fully saturated rings. The summed E-state index contributed by atoms with van der Waals surface area (Å²) >= 11 is 0. The van der Waals surface area contributed by atoms with Crippen LogP contribution in [0.1, 0.15) is 20.8 Å². The molecule has 0 aliphatic carbocycles. The number of H-pyrrole nitrogens is 1. The Labute approximate surface area is 170 Å². The van der Waals surface area contributed by atoms with Crippen LogP contribution in [0.15, 0.2) is 84.1 Å². The van der Waals surface area contributed by atoms with Crippen molar-refractivity contribution >= 4 is 11.0 Å². The highest BCUT2D eigenvalue weighted by Crippen LogP contribution is 2.30. The number of nitrogens with one attached hydrogen (secondary N) is 1. The predicted molar refractivity (Wildman–Crippen MR) is 119 cm³/mol. The molecule has 0 radical (unpaired) electrons. The smallest absolute Gasteiger partial charge is 0.260 e. The van der Waals surface area contributed by atoms with Crippen molar-refractivity contribution in [3.05, 3.63) is 89.6 Å². The summed E-state index contributed by atoms with van der Waals surface area (Å²) in [5.74, 6) is 0.788. The highest BCUT2D eigenvalue weighted by Gasteiger charge is 2.15. The van der Waals surface area contributed by atoms with Gasteiger partial charge >= 0.3 is 0 Å². The maximum Gasteiger partial charge on any atom is 0.260 e. The summed E-state index contributed by atoms with van der Waals surface area (Å²) in [7, 11) is 0. The van der Waals surface area contributed by atoms with Crippen LogP contribution in [0.3, 0.4) is 0 Å². The number of ether oxygens (including phenoxy) is 1. The lowest BCUT2D eigenvalue weighted by Gasteiger charge is -2.04. The molecule has 4 rings (SSSR count). The number of hydrogen-bond acceptors (Lipinski definition) is 3. The van der Waals surface area contributed by atoms with E-state index in [0.29, 0.717) is 17.6 Å². The van der Waals surface area contributed by atoms with Gasteiger partial charge in [-0.3, -0.25) is 4.79 Å². The molecule has 0 aliphatic heterocycles. The van der Waals surface area contributed by atoms with Crippen LogP contribution in [-0.2, 0) is 0 Å². The minimum atomic E-state index is -0.155. The van der Waals surface area contributed by atoms with Crippen LogP contribution in [0.4, 0.5) is 0 Å². The Bertz CT molecular complexity index is 1140. The van der Waals surface area contributed by atoms with E-state index in [0.717, 1.165) is 22.6 Å². The number of hydrogen-bond donors (Lipinski definition) is 1. The summed E-state index contributed by atoms with van der Waals surface area (Å²) in [6, 6.07) is 17.6. The number of nitrogens with zero attached hydrogens (tertiary/aromatic N) is 2. The minimum absolute atomic E-state index is 0.155. The zero-order valence-electron chi connectivity index (χ0n) is 16.9. The third-order valence-electron chi connectivity index (χ3n) is 4.37. The number of benzene rings is 2. The summed E-state index contributed by atoms with van der Waals surface area (Å²) < 4.78 is 7.59. The summed E-state index contributed by atoms with van der Waals surface area (Å²) in [6.07, 6.45) is 7.29. The fraction of sp³-hybridized carbons (Fsp3) is 0.167. The van der Waals surface area contributed by atoms with E-state index in [1.165, 1.54) is 6.33 Å². The second-order valence-electron chi connectivity index (χ2n) is 6.08. The summed E-state index contributed by atoms with van der Waals surface area (Å²) in [4.78, 5) is 19.6. The Kier molecular flexibility index (Phi) is 6.63. The molecule has 0 bridgehead atoms. The molecule has 0 aliphatic rings. The second-order valence-corrected chi connectivity index (χ2v) is 6.08. The van der Waals surface area contributed by atoms with E-state index in [-0.39, 0.29) is 5.56 Å². The molecule has 2 aromatic heterocycles. The zero-order chi connectivity index (χ0) is 20.6. The van der Waals surface area contributed by atoms with E-state index >= 15 is 0 Å². The standard InChI is InChI=1S/C22H19N3O2.C2H6/c1-2-3-13-27-18-11-9-16(10-12-18)19-14-25(17-7-5-4-6-8-17)21-20(19)22(26)24-15-23-21;1-2/h2-12,14-15H,13H2,1H3,(H,23,24,26);1-2H3/b3-2+;. The van der Waals surface area contributed by atoms with E-state index in [4.69, 9.17) is 4.74 Å². The van der Waals surface area contributed by atoms with E-state index in [1.807, 2.05) is 98.3 Å². The Hall–Kier alpha value is -3.60. The fourth-order valence-electron chi connectivity index (χ4n) is 3.05. The topological polar surface area (TPSA) is 59.9 Å². The van der Waals surface area contributed by atoms with Crippen molar-refractivity contribution in [2.75, 3.05) is 6.61 Å². The molecule has 0 saturated heterocycles. The van der Waals surface area contributed by atoms with Crippen molar-refractivity contribution in [2.24, 2.45) is 0 Å². The van der Waals surface area contributed by atoms with E-state index in [2.05, 4.69) is 9.97 Å². The maximum absolute atomic E-state index is 12.5. The van der Waals surface area contributed by atoms with E-state index in [9.17, 15) is 4.79 Å². The Balaban J connectivity index is 0.00000117. The van der Waals surface area contributed by atoms with Gasteiger partial charge in [-0.05, 0) is 36.8 Å². The first-order chi connectivity index (χ1) is 14.3. The largest absolute Gasteiger partial charge is 0.490 e. The molecule has 148 valence electrons. The van der Waals surface area contributed by atoms with Gasteiger partial charge in [0.15, 0.2) is 5.65 Å².